The first-order chi connectivity index (χ1) is 8.81. The van der Waals surface area contributed by atoms with Crippen molar-refractivity contribution in [1.82, 2.24) is 0 Å². The molecule has 0 N–H and O–H groups in total. The Balaban J connectivity index is 3.14. The van der Waals surface area contributed by atoms with E-state index in [1.807, 2.05) is 0 Å². The average Bonchev–Trinajstić information content (AvgIpc) is 2.37. The SMILES string of the molecule is C=COCCOCCOC(=O)CCCCCCC. The largest absolute Gasteiger partial charge is 0.499 e. The molecule has 0 amide bonds. The smallest absolute Gasteiger partial charge is 0.305 e. The van der Waals surface area contributed by atoms with Crippen molar-refractivity contribution in [2.75, 3.05) is 26.4 Å². The van der Waals surface area contributed by atoms with Gasteiger partial charge in [-0.3, -0.25) is 4.79 Å². The van der Waals surface area contributed by atoms with Crippen LogP contribution in [0.25, 0.3) is 0 Å². The number of carbonyl (C=O) groups is 1. The van der Waals surface area contributed by atoms with E-state index in [0.717, 1.165) is 12.8 Å². The molecule has 0 heterocycles. The highest BCUT2D eigenvalue weighted by atomic mass is 16.6. The first-order valence-electron chi connectivity index (χ1n) is 6.77. The summed E-state index contributed by atoms with van der Waals surface area (Å²) in [7, 11) is 0. The van der Waals surface area contributed by atoms with Crippen LogP contribution in [-0.2, 0) is 19.0 Å². The van der Waals surface area contributed by atoms with E-state index in [4.69, 9.17) is 14.2 Å². The van der Waals surface area contributed by atoms with Crippen LogP contribution in [0.5, 0.6) is 0 Å². The molecule has 18 heavy (non-hydrogen) atoms. The summed E-state index contributed by atoms with van der Waals surface area (Å²) in [5.74, 6) is -0.127. The quantitative estimate of drug-likeness (QED) is 0.289. The molecule has 0 aromatic carbocycles. The maximum Gasteiger partial charge on any atom is 0.305 e. The average molecular weight is 258 g/mol. The second-order valence-corrected chi connectivity index (χ2v) is 4.03. The normalized spacial score (nSPS) is 10.1. The number of rotatable bonds is 13. The van der Waals surface area contributed by atoms with Crippen molar-refractivity contribution in [3.63, 3.8) is 0 Å². The molecule has 0 aliphatic carbocycles. The topological polar surface area (TPSA) is 44.8 Å². The van der Waals surface area contributed by atoms with Crippen LogP contribution >= 0.6 is 0 Å². The van der Waals surface area contributed by atoms with Gasteiger partial charge in [0, 0.05) is 6.42 Å². The first-order valence-corrected chi connectivity index (χ1v) is 6.77. The van der Waals surface area contributed by atoms with E-state index in [9.17, 15) is 4.79 Å². The Morgan fingerprint density at radius 3 is 2.50 bits per heavy atom. The van der Waals surface area contributed by atoms with Gasteiger partial charge in [0.15, 0.2) is 0 Å². The molecule has 106 valence electrons. The molecule has 0 saturated heterocycles. The Bertz CT molecular complexity index is 204. The van der Waals surface area contributed by atoms with Gasteiger partial charge in [0.25, 0.3) is 0 Å². The third kappa shape index (κ3) is 13.0. The van der Waals surface area contributed by atoms with E-state index >= 15 is 0 Å². The molecule has 0 atom stereocenters. The Labute approximate surface area is 110 Å². The molecule has 0 aliphatic heterocycles. The molecule has 0 aliphatic rings. The van der Waals surface area contributed by atoms with Crippen LogP contribution in [0.1, 0.15) is 45.4 Å². The minimum absolute atomic E-state index is 0.127. The molecule has 0 unspecified atom stereocenters. The van der Waals surface area contributed by atoms with Gasteiger partial charge in [-0.05, 0) is 6.42 Å². The summed E-state index contributed by atoms with van der Waals surface area (Å²) in [5, 5.41) is 0. The Kier molecular flexibility index (Phi) is 13.2. The second kappa shape index (κ2) is 14.0. The maximum atomic E-state index is 11.3. The monoisotopic (exact) mass is 258 g/mol. The van der Waals surface area contributed by atoms with Crippen LogP contribution in [0.2, 0.25) is 0 Å². The van der Waals surface area contributed by atoms with E-state index in [1.54, 1.807) is 0 Å². The number of hydrogen-bond donors (Lipinski definition) is 0. The fraction of sp³-hybridized carbons (Fsp3) is 0.786. The molecule has 0 bridgehead atoms. The molecule has 4 heteroatoms. The predicted octanol–water partition coefficient (Wildman–Crippen LogP) is 3.07. The highest BCUT2D eigenvalue weighted by Crippen LogP contribution is 2.05. The van der Waals surface area contributed by atoms with Gasteiger partial charge >= 0.3 is 5.97 Å². The lowest BCUT2D eigenvalue weighted by atomic mass is 10.1. The zero-order chi connectivity index (χ0) is 13.5. The van der Waals surface area contributed by atoms with Gasteiger partial charge in [-0.1, -0.05) is 39.2 Å². The summed E-state index contributed by atoms with van der Waals surface area (Å²) < 4.78 is 15.1. The summed E-state index contributed by atoms with van der Waals surface area (Å²) in [6.45, 7) is 7.30. The van der Waals surface area contributed by atoms with Crippen molar-refractivity contribution in [1.29, 1.82) is 0 Å². The van der Waals surface area contributed by atoms with Crippen LogP contribution in [0.3, 0.4) is 0 Å². The van der Waals surface area contributed by atoms with Crippen molar-refractivity contribution in [3.8, 4) is 0 Å². The lowest BCUT2D eigenvalue weighted by Crippen LogP contribution is -2.12. The van der Waals surface area contributed by atoms with Gasteiger partial charge < -0.3 is 14.2 Å². The number of unbranched alkanes of at least 4 members (excludes halogenated alkanes) is 4. The molecule has 0 radical (unpaired) electrons. The predicted molar refractivity (Wildman–Crippen MR) is 71.3 cm³/mol. The molecule has 4 nitrogen and oxygen atoms in total. The lowest BCUT2D eigenvalue weighted by Gasteiger charge is -2.06. The standard InChI is InChI=1S/C14H26O4/c1-3-5-6-7-8-9-14(15)18-13-12-17-11-10-16-4-2/h4H,2-3,5-13H2,1H3. The molecule has 0 fully saturated rings. The van der Waals surface area contributed by atoms with Gasteiger partial charge in [0.1, 0.15) is 13.2 Å². The minimum atomic E-state index is -0.127. The minimum Gasteiger partial charge on any atom is -0.499 e. The number of carbonyl (C=O) groups excluding carboxylic acids is 1. The molecule has 0 rings (SSSR count). The molecule has 0 aromatic heterocycles. The first kappa shape index (κ1) is 17.0. The van der Waals surface area contributed by atoms with Crippen LogP contribution in [0.15, 0.2) is 12.8 Å². The van der Waals surface area contributed by atoms with Gasteiger partial charge in [0.2, 0.25) is 0 Å². The lowest BCUT2D eigenvalue weighted by molar-refractivity contribution is -0.145. The Morgan fingerprint density at radius 2 is 1.78 bits per heavy atom. The van der Waals surface area contributed by atoms with Gasteiger partial charge in [0.05, 0.1) is 19.5 Å². The summed E-state index contributed by atoms with van der Waals surface area (Å²) >= 11 is 0. The molecular formula is C14H26O4. The molecular weight excluding hydrogens is 232 g/mol. The van der Waals surface area contributed by atoms with Gasteiger partial charge in [-0.25, -0.2) is 0 Å². The summed E-state index contributed by atoms with van der Waals surface area (Å²) in [6, 6.07) is 0. The van der Waals surface area contributed by atoms with Crippen LogP contribution in [0, 0.1) is 0 Å². The van der Waals surface area contributed by atoms with Gasteiger partial charge in [-0.15, -0.1) is 0 Å². The highest BCUT2D eigenvalue weighted by molar-refractivity contribution is 5.69. The van der Waals surface area contributed by atoms with Crippen LogP contribution in [0.4, 0.5) is 0 Å². The second-order valence-electron chi connectivity index (χ2n) is 4.03. The third-order valence-corrected chi connectivity index (χ3v) is 2.44. The van der Waals surface area contributed by atoms with E-state index in [1.165, 1.54) is 25.5 Å². The highest BCUT2D eigenvalue weighted by Gasteiger charge is 2.02. The third-order valence-electron chi connectivity index (χ3n) is 2.44. The summed E-state index contributed by atoms with van der Waals surface area (Å²) in [6.07, 6.45) is 7.60. The van der Waals surface area contributed by atoms with E-state index in [-0.39, 0.29) is 5.97 Å². The fourth-order valence-electron chi connectivity index (χ4n) is 1.45. The molecule has 0 saturated carbocycles. The zero-order valence-electron chi connectivity index (χ0n) is 11.5. The Hall–Kier alpha value is -1.03. The van der Waals surface area contributed by atoms with Crippen LogP contribution < -0.4 is 0 Å². The molecule has 0 spiro atoms. The van der Waals surface area contributed by atoms with Crippen molar-refractivity contribution < 1.29 is 19.0 Å². The number of hydrogen-bond acceptors (Lipinski definition) is 4. The van der Waals surface area contributed by atoms with E-state index < -0.39 is 0 Å². The summed E-state index contributed by atoms with van der Waals surface area (Å²) in [4.78, 5) is 11.3. The number of ether oxygens (including phenoxy) is 3. The van der Waals surface area contributed by atoms with E-state index in [0.29, 0.717) is 32.8 Å². The van der Waals surface area contributed by atoms with E-state index in [2.05, 4.69) is 13.5 Å². The fourth-order valence-corrected chi connectivity index (χ4v) is 1.45. The zero-order valence-corrected chi connectivity index (χ0v) is 11.5. The Morgan fingerprint density at radius 1 is 1.06 bits per heavy atom. The summed E-state index contributed by atoms with van der Waals surface area (Å²) in [5.41, 5.74) is 0. The van der Waals surface area contributed by atoms with Crippen molar-refractivity contribution in [3.05, 3.63) is 12.8 Å². The number of esters is 1. The van der Waals surface area contributed by atoms with Gasteiger partial charge in [-0.2, -0.15) is 0 Å². The van der Waals surface area contributed by atoms with Crippen molar-refractivity contribution >= 4 is 5.97 Å². The molecule has 0 aromatic rings. The van der Waals surface area contributed by atoms with Crippen molar-refractivity contribution in [2.24, 2.45) is 0 Å². The maximum absolute atomic E-state index is 11.3. The van der Waals surface area contributed by atoms with Crippen molar-refractivity contribution in [2.45, 2.75) is 45.4 Å². The van der Waals surface area contributed by atoms with Crippen LogP contribution in [-0.4, -0.2) is 32.4 Å².